The van der Waals surface area contributed by atoms with Crippen molar-refractivity contribution in [3.05, 3.63) is 35.5 Å². The van der Waals surface area contributed by atoms with Gasteiger partial charge in [-0.2, -0.15) is 0 Å². The van der Waals surface area contributed by atoms with Gasteiger partial charge in [0.2, 0.25) is 0 Å². The first-order valence-electron chi connectivity index (χ1n) is 4.49. The number of allylic oxidation sites excluding steroid dienone is 1. The molecule has 1 aromatic heterocycles. The zero-order valence-electron chi connectivity index (χ0n) is 8.42. The molecule has 0 atom stereocenters. The van der Waals surface area contributed by atoms with Gasteiger partial charge in [-0.1, -0.05) is 32.0 Å². The average molecular weight is 212 g/mol. The molecular formula is C10H14ClN3. The number of nitrogens with zero attached hydrogens (tertiary/aromatic N) is 2. The third-order valence-electron chi connectivity index (χ3n) is 1.90. The van der Waals surface area contributed by atoms with Crippen LogP contribution in [0.3, 0.4) is 0 Å². The second-order valence-electron chi connectivity index (χ2n) is 3.33. The van der Waals surface area contributed by atoms with Gasteiger partial charge >= 0.3 is 0 Å². The lowest BCUT2D eigenvalue weighted by atomic mass is 10.1. The zero-order valence-corrected chi connectivity index (χ0v) is 9.17. The van der Waals surface area contributed by atoms with E-state index in [1.807, 2.05) is 0 Å². The first-order valence-corrected chi connectivity index (χ1v) is 4.87. The topological polar surface area (TPSA) is 37.8 Å². The molecule has 76 valence electrons. The molecule has 3 nitrogen and oxygen atoms in total. The van der Waals surface area contributed by atoms with E-state index in [-0.39, 0.29) is 0 Å². The van der Waals surface area contributed by atoms with E-state index in [1.165, 1.54) is 0 Å². The van der Waals surface area contributed by atoms with Crippen LogP contribution in [0, 0.1) is 5.92 Å². The molecule has 0 saturated carbocycles. The van der Waals surface area contributed by atoms with Crippen molar-refractivity contribution in [2.45, 2.75) is 20.4 Å². The molecule has 1 rings (SSSR count). The predicted octanol–water partition coefficient (Wildman–Crippen LogP) is 2.39. The van der Waals surface area contributed by atoms with Crippen molar-refractivity contribution in [3.8, 4) is 0 Å². The standard InChI is InChI=1S/C10H14ClN3/c1-7(2)8(3)14-6-9-10(11)13-5-4-12-9/h4-5,7,14H,3,6H2,1-2H3. The molecular weight excluding hydrogens is 198 g/mol. The van der Waals surface area contributed by atoms with Crippen LogP contribution >= 0.6 is 11.6 Å². The second-order valence-corrected chi connectivity index (χ2v) is 3.69. The van der Waals surface area contributed by atoms with Gasteiger partial charge in [0.05, 0.1) is 12.2 Å². The Morgan fingerprint density at radius 1 is 1.50 bits per heavy atom. The second kappa shape index (κ2) is 4.96. The number of rotatable bonds is 4. The van der Waals surface area contributed by atoms with Crippen LogP contribution in [0.2, 0.25) is 5.15 Å². The Kier molecular flexibility index (Phi) is 3.89. The van der Waals surface area contributed by atoms with E-state index < -0.39 is 0 Å². The van der Waals surface area contributed by atoms with Gasteiger partial charge in [0.1, 0.15) is 0 Å². The molecule has 0 fully saturated rings. The Bertz CT molecular complexity index is 323. The quantitative estimate of drug-likeness (QED) is 0.831. The minimum Gasteiger partial charge on any atom is -0.383 e. The molecule has 0 unspecified atom stereocenters. The maximum absolute atomic E-state index is 5.84. The van der Waals surface area contributed by atoms with Gasteiger partial charge in [-0.3, -0.25) is 4.98 Å². The van der Waals surface area contributed by atoms with Crippen molar-refractivity contribution in [2.75, 3.05) is 0 Å². The molecule has 0 radical (unpaired) electrons. The van der Waals surface area contributed by atoms with Gasteiger partial charge in [0, 0.05) is 18.1 Å². The first kappa shape index (κ1) is 11.0. The number of halogens is 1. The van der Waals surface area contributed by atoms with E-state index in [9.17, 15) is 0 Å². The van der Waals surface area contributed by atoms with E-state index in [1.54, 1.807) is 12.4 Å². The molecule has 0 amide bonds. The van der Waals surface area contributed by atoms with Crippen LogP contribution in [0.1, 0.15) is 19.5 Å². The molecule has 0 aliphatic carbocycles. The first-order chi connectivity index (χ1) is 6.61. The molecule has 0 aromatic carbocycles. The van der Waals surface area contributed by atoms with E-state index in [2.05, 4.69) is 35.7 Å². The third kappa shape index (κ3) is 3.00. The van der Waals surface area contributed by atoms with E-state index >= 15 is 0 Å². The summed E-state index contributed by atoms with van der Waals surface area (Å²) in [6, 6.07) is 0. The van der Waals surface area contributed by atoms with Gasteiger partial charge < -0.3 is 5.32 Å². The third-order valence-corrected chi connectivity index (χ3v) is 2.22. The van der Waals surface area contributed by atoms with Gasteiger partial charge in [0.15, 0.2) is 5.15 Å². The summed E-state index contributed by atoms with van der Waals surface area (Å²) < 4.78 is 0. The summed E-state index contributed by atoms with van der Waals surface area (Å²) in [5.74, 6) is 0.408. The summed E-state index contributed by atoms with van der Waals surface area (Å²) in [7, 11) is 0. The van der Waals surface area contributed by atoms with Crippen LogP contribution in [0.15, 0.2) is 24.7 Å². The fraction of sp³-hybridized carbons (Fsp3) is 0.400. The Balaban J connectivity index is 2.54. The number of hydrogen-bond donors (Lipinski definition) is 1. The largest absolute Gasteiger partial charge is 0.383 e. The van der Waals surface area contributed by atoms with Gasteiger partial charge in [-0.05, 0) is 5.92 Å². The monoisotopic (exact) mass is 211 g/mol. The summed E-state index contributed by atoms with van der Waals surface area (Å²) in [4.78, 5) is 8.05. The highest BCUT2D eigenvalue weighted by molar-refractivity contribution is 6.29. The Morgan fingerprint density at radius 2 is 2.14 bits per heavy atom. The lowest BCUT2D eigenvalue weighted by Crippen LogP contribution is -2.17. The van der Waals surface area contributed by atoms with Crippen molar-refractivity contribution in [2.24, 2.45) is 5.92 Å². The molecule has 14 heavy (non-hydrogen) atoms. The Hall–Kier alpha value is -1.09. The molecule has 1 N–H and O–H groups in total. The van der Waals surface area contributed by atoms with Crippen LogP contribution in [0.5, 0.6) is 0 Å². The van der Waals surface area contributed by atoms with Crippen LogP contribution < -0.4 is 5.32 Å². The summed E-state index contributed by atoms with van der Waals surface area (Å²) in [6.45, 7) is 8.62. The Morgan fingerprint density at radius 3 is 2.71 bits per heavy atom. The van der Waals surface area contributed by atoms with Crippen LogP contribution in [0.25, 0.3) is 0 Å². The van der Waals surface area contributed by atoms with E-state index in [0.29, 0.717) is 17.6 Å². The fourth-order valence-corrected chi connectivity index (χ4v) is 1.04. The molecule has 1 aromatic rings. The molecule has 0 bridgehead atoms. The van der Waals surface area contributed by atoms with Crippen molar-refractivity contribution in [1.29, 1.82) is 0 Å². The van der Waals surface area contributed by atoms with E-state index in [0.717, 1.165) is 11.4 Å². The van der Waals surface area contributed by atoms with Gasteiger partial charge in [0.25, 0.3) is 0 Å². The number of hydrogen-bond acceptors (Lipinski definition) is 3. The summed E-state index contributed by atoms with van der Waals surface area (Å²) >= 11 is 5.84. The highest BCUT2D eigenvalue weighted by Gasteiger charge is 2.03. The van der Waals surface area contributed by atoms with Gasteiger partial charge in [-0.15, -0.1) is 0 Å². The highest BCUT2D eigenvalue weighted by atomic mass is 35.5. The highest BCUT2D eigenvalue weighted by Crippen LogP contribution is 2.09. The molecule has 0 saturated heterocycles. The average Bonchev–Trinajstić information content (AvgIpc) is 2.16. The van der Waals surface area contributed by atoms with E-state index in [4.69, 9.17) is 11.6 Å². The number of nitrogens with one attached hydrogen (secondary N) is 1. The summed E-state index contributed by atoms with van der Waals surface area (Å²) in [5, 5.41) is 3.60. The van der Waals surface area contributed by atoms with Crippen molar-refractivity contribution < 1.29 is 0 Å². The Labute approximate surface area is 89.2 Å². The minimum atomic E-state index is 0.408. The van der Waals surface area contributed by atoms with Crippen LogP contribution in [0.4, 0.5) is 0 Å². The van der Waals surface area contributed by atoms with Crippen molar-refractivity contribution in [3.63, 3.8) is 0 Å². The molecule has 0 aliphatic heterocycles. The maximum Gasteiger partial charge on any atom is 0.152 e. The van der Waals surface area contributed by atoms with Gasteiger partial charge in [-0.25, -0.2) is 4.98 Å². The SMILES string of the molecule is C=C(NCc1nccnc1Cl)C(C)C. The lowest BCUT2D eigenvalue weighted by molar-refractivity contribution is 0.648. The lowest BCUT2D eigenvalue weighted by Gasteiger charge is -2.12. The summed E-state index contributed by atoms with van der Waals surface area (Å²) in [6.07, 6.45) is 3.20. The minimum absolute atomic E-state index is 0.408. The molecule has 4 heteroatoms. The van der Waals surface area contributed by atoms with Crippen LogP contribution in [-0.2, 0) is 6.54 Å². The smallest absolute Gasteiger partial charge is 0.152 e. The molecule has 1 heterocycles. The van der Waals surface area contributed by atoms with Crippen molar-refractivity contribution in [1.82, 2.24) is 15.3 Å². The van der Waals surface area contributed by atoms with Crippen molar-refractivity contribution >= 4 is 11.6 Å². The normalized spacial score (nSPS) is 10.3. The molecule has 0 spiro atoms. The van der Waals surface area contributed by atoms with Crippen LogP contribution in [-0.4, -0.2) is 9.97 Å². The maximum atomic E-state index is 5.84. The predicted molar refractivity (Wildman–Crippen MR) is 57.9 cm³/mol. The number of aromatic nitrogens is 2. The fourth-order valence-electron chi connectivity index (χ4n) is 0.870. The zero-order chi connectivity index (χ0) is 10.6. The summed E-state index contributed by atoms with van der Waals surface area (Å²) in [5.41, 5.74) is 1.72. The molecule has 0 aliphatic rings.